The van der Waals surface area contributed by atoms with Crippen LogP contribution < -0.4 is 5.32 Å². The van der Waals surface area contributed by atoms with E-state index >= 15 is 0 Å². The van der Waals surface area contributed by atoms with Crippen LogP contribution in [0.25, 0.3) is 0 Å². The fraction of sp³-hybridized carbons (Fsp3) is 0.846. The number of alkyl halides is 3. The lowest BCUT2D eigenvalue weighted by Gasteiger charge is -2.42. The zero-order valence-corrected chi connectivity index (χ0v) is 12.4. The zero-order chi connectivity index (χ0) is 17.0. The molecular weight excluding hydrogens is 307 g/mol. The molecule has 1 unspecified atom stereocenters. The Labute approximate surface area is 124 Å². The van der Waals surface area contributed by atoms with E-state index in [1.54, 1.807) is 20.8 Å². The molecule has 9 heteroatoms. The van der Waals surface area contributed by atoms with E-state index in [9.17, 15) is 22.8 Å². The molecule has 0 aromatic carbocycles. The molecule has 1 saturated carbocycles. The summed E-state index contributed by atoms with van der Waals surface area (Å²) in [5, 5.41) is 11.4. The number of hydrogen-bond acceptors (Lipinski definition) is 4. The monoisotopic (exact) mass is 325 g/mol. The third-order valence-electron chi connectivity index (χ3n) is 3.82. The highest BCUT2D eigenvalue weighted by atomic mass is 19.4. The topological polar surface area (TPSA) is 84.9 Å². The van der Waals surface area contributed by atoms with E-state index in [1.807, 2.05) is 0 Å². The second-order valence-corrected chi connectivity index (χ2v) is 6.89. The smallest absolute Gasteiger partial charge is 0.415 e. The maximum atomic E-state index is 12.9. The van der Waals surface area contributed by atoms with E-state index in [1.165, 1.54) is 0 Å². The second-order valence-electron chi connectivity index (χ2n) is 6.89. The summed E-state index contributed by atoms with van der Waals surface area (Å²) in [6.07, 6.45) is -8.46. The van der Waals surface area contributed by atoms with Crippen molar-refractivity contribution in [2.75, 3.05) is 6.54 Å². The van der Waals surface area contributed by atoms with Crippen LogP contribution in [0, 0.1) is 5.41 Å². The number of rotatable bonds is 3. The Hall–Kier alpha value is -1.51. The van der Waals surface area contributed by atoms with Crippen LogP contribution in [0.15, 0.2) is 0 Å². The molecular formula is C13H18F3NO5. The molecule has 1 aliphatic carbocycles. The van der Waals surface area contributed by atoms with Gasteiger partial charge in [0.25, 0.3) is 0 Å². The summed E-state index contributed by atoms with van der Waals surface area (Å²) in [4.78, 5) is 22.7. The van der Waals surface area contributed by atoms with Crippen LogP contribution in [-0.2, 0) is 14.3 Å². The predicted octanol–water partition coefficient (Wildman–Crippen LogP) is 2.08. The van der Waals surface area contributed by atoms with Gasteiger partial charge < -0.3 is 19.9 Å². The molecule has 2 aliphatic heterocycles. The Bertz CT molecular complexity index is 491. The maximum absolute atomic E-state index is 12.9. The molecule has 0 spiro atoms. The average Bonchev–Trinajstić information content (AvgIpc) is 2.74. The SMILES string of the molecule is CC(C)(C)OC(=O)NCC12CC(C(=O)O)(C1)C(C(F)(F)F)O2. The van der Waals surface area contributed by atoms with Crippen molar-refractivity contribution in [1.29, 1.82) is 0 Å². The van der Waals surface area contributed by atoms with Gasteiger partial charge in [-0.2, -0.15) is 13.2 Å². The first-order valence-corrected chi connectivity index (χ1v) is 6.75. The summed E-state index contributed by atoms with van der Waals surface area (Å²) in [6, 6.07) is 0. The van der Waals surface area contributed by atoms with Gasteiger partial charge in [0.1, 0.15) is 11.0 Å². The first-order valence-electron chi connectivity index (χ1n) is 6.75. The minimum Gasteiger partial charge on any atom is -0.481 e. The van der Waals surface area contributed by atoms with Gasteiger partial charge in [-0.05, 0) is 33.6 Å². The molecule has 3 aliphatic rings. The van der Waals surface area contributed by atoms with Crippen molar-refractivity contribution in [3.63, 3.8) is 0 Å². The average molecular weight is 325 g/mol. The van der Waals surface area contributed by atoms with Gasteiger partial charge in [0.05, 0.1) is 12.1 Å². The quantitative estimate of drug-likeness (QED) is 0.830. The Morgan fingerprint density at radius 2 is 1.86 bits per heavy atom. The van der Waals surface area contributed by atoms with Crippen molar-refractivity contribution in [3.05, 3.63) is 0 Å². The maximum Gasteiger partial charge on any atom is 0.415 e. The van der Waals surface area contributed by atoms with Crippen LogP contribution in [0.4, 0.5) is 18.0 Å². The highest BCUT2D eigenvalue weighted by Gasteiger charge is 2.77. The molecule has 1 atom stereocenters. The van der Waals surface area contributed by atoms with Crippen LogP contribution in [0.5, 0.6) is 0 Å². The van der Waals surface area contributed by atoms with Crippen molar-refractivity contribution in [3.8, 4) is 0 Å². The third-order valence-corrected chi connectivity index (χ3v) is 3.82. The normalized spacial score (nSPS) is 34.0. The van der Waals surface area contributed by atoms with E-state index in [0.29, 0.717) is 0 Å². The molecule has 3 fully saturated rings. The minimum absolute atomic E-state index is 0.219. The summed E-state index contributed by atoms with van der Waals surface area (Å²) in [5.41, 5.74) is -3.99. The van der Waals surface area contributed by atoms with E-state index in [2.05, 4.69) is 5.32 Å². The van der Waals surface area contributed by atoms with Crippen molar-refractivity contribution >= 4 is 12.1 Å². The van der Waals surface area contributed by atoms with Crippen molar-refractivity contribution < 1.29 is 37.3 Å². The molecule has 0 aromatic heterocycles. The number of alkyl carbamates (subject to hydrolysis) is 1. The van der Waals surface area contributed by atoms with Gasteiger partial charge in [-0.3, -0.25) is 4.79 Å². The molecule has 0 radical (unpaired) electrons. The van der Waals surface area contributed by atoms with Gasteiger partial charge in [-0.1, -0.05) is 0 Å². The Kier molecular flexibility index (Phi) is 3.63. The molecule has 0 aromatic rings. The molecule has 22 heavy (non-hydrogen) atoms. The number of ether oxygens (including phenoxy) is 2. The predicted molar refractivity (Wildman–Crippen MR) is 67.2 cm³/mol. The van der Waals surface area contributed by atoms with E-state index in [0.717, 1.165) is 0 Å². The van der Waals surface area contributed by atoms with Crippen molar-refractivity contribution in [2.45, 2.75) is 57.1 Å². The molecule has 6 nitrogen and oxygen atoms in total. The largest absolute Gasteiger partial charge is 0.481 e. The number of carbonyl (C=O) groups is 2. The highest BCUT2D eigenvalue weighted by Crippen LogP contribution is 2.64. The summed E-state index contributed by atoms with van der Waals surface area (Å²) >= 11 is 0. The van der Waals surface area contributed by atoms with Gasteiger partial charge in [-0.15, -0.1) is 0 Å². The first kappa shape index (κ1) is 16.9. The molecule has 2 heterocycles. The summed E-state index contributed by atoms with van der Waals surface area (Å²) in [6.45, 7) is 4.73. The van der Waals surface area contributed by atoms with Crippen LogP contribution in [0.3, 0.4) is 0 Å². The Morgan fingerprint density at radius 1 is 1.32 bits per heavy atom. The number of hydrogen-bond donors (Lipinski definition) is 2. The van der Waals surface area contributed by atoms with Crippen LogP contribution >= 0.6 is 0 Å². The Balaban J connectivity index is 2.01. The summed E-state index contributed by atoms with van der Waals surface area (Å²) in [5.74, 6) is -1.53. The second kappa shape index (κ2) is 4.74. The lowest BCUT2D eigenvalue weighted by Crippen LogP contribution is -2.56. The van der Waals surface area contributed by atoms with Gasteiger partial charge in [-0.25, -0.2) is 4.79 Å². The third kappa shape index (κ3) is 2.86. The first-order chi connectivity index (χ1) is 9.80. The van der Waals surface area contributed by atoms with Gasteiger partial charge in [0, 0.05) is 0 Å². The lowest BCUT2D eigenvalue weighted by molar-refractivity contribution is -0.226. The van der Waals surface area contributed by atoms with Gasteiger partial charge in [0.2, 0.25) is 0 Å². The number of amides is 1. The fourth-order valence-corrected chi connectivity index (χ4v) is 3.09. The molecule has 126 valence electrons. The van der Waals surface area contributed by atoms with Crippen molar-refractivity contribution in [1.82, 2.24) is 5.32 Å². The van der Waals surface area contributed by atoms with Crippen LogP contribution in [-0.4, -0.2) is 47.2 Å². The summed E-state index contributed by atoms with van der Waals surface area (Å²) < 4.78 is 48.7. The Morgan fingerprint density at radius 3 is 2.23 bits per heavy atom. The molecule has 2 bridgehead atoms. The van der Waals surface area contributed by atoms with E-state index in [4.69, 9.17) is 14.6 Å². The number of fused-ring (bicyclic) bond motifs is 1. The number of nitrogens with one attached hydrogen (secondary N) is 1. The molecule has 2 saturated heterocycles. The molecule has 2 N–H and O–H groups in total. The fourth-order valence-electron chi connectivity index (χ4n) is 3.09. The zero-order valence-electron chi connectivity index (χ0n) is 12.4. The van der Waals surface area contributed by atoms with Crippen LogP contribution in [0.2, 0.25) is 0 Å². The van der Waals surface area contributed by atoms with Crippen molar-refractivity contribution in [2.24, 2.45) is 5.41 Å². The standard InChI is InChI=1S/C13H18F3NO5/c1-10(2,3)22-9(20)17-6-11-4-12(5-11,8(18)19)7(21-11)13(14,15)16/h7H,4-6H2,1-3H3,(H,17,20)(H,18,19). The lowest BCUT2D eigenvalue weighted by atomic mass is 9.60. The highest BCUT2D eigenvalue weighted by molar-refractivity contribution is 5.79. The number of halogens is 3. The molecule has 1 amide bonds. The minimum atomic E-state index is -4.76. The summed E-state index contributed by atoms with van der Waals surface area (Å²) in [7, 11) is 0. The molecule has 3 rings (SSSR count). The van der Waals surface area contributed by atoms with Crippen LogP contribution in [0.1, 0.15) is 33.6 Å². The number of carboxylic acid groups (broad SMARTS) is 1. The number of carboxylic acids is 1. The van der Waals surface area contributed by atoms with Gasteiger partial charge >= 0.3 is 18.2 Å². The number of carbonyl (C=O) groups excluding carboxylic acids is 1. The van der Waals surface area contributed by atoms with E-state index < -0.39 is 41.0 Å². The number of aliphatic carboxylic acids is 1. The van der Waals surface area contributed by atoms with E-state index in [-0.39, 0.29) is 19.4 Å². The van der Waals surface area contributed by atoms with Gasteiger partial charge in [0.15, 0.2) is 6.10 Å².